The summed E-state index contributed by atoms with van der Waals surface area (Å²) < 4.78 is 13.1. The van der Waals surface area contributed by atoms with Crippen molar-refractivity contribution in [3.8, 4) is 0 Å². The Morgan fingerprint density at radius 1 is 1.23 bits per heavy atom. The van der Waals surface area contributed by atoms with E-state index in [0.29, 0.717) is 27.5 Å². The van der Waals surface area contributed by atoms with Crippen LogP contribution in [0, 0.1) is 5.82 Å². The van der Waals surface area contributed by atoms with Gasteiger partial charge in [0.15, 0.2) is 0 Å². The number of aliphatic imine (C=N–C) groups is 1. The zero-order valence-electron chi connectivity index (χ0n) is 11.6. The lowest BCUT2D eigenvalue weighted by molar-refractivity contribution is -0.125. The predicted octanol–water partition coefficient (Wildman–Crippen LogP) is 2.61. The standard InChI is InChI=1S/C16H12ClFN2O2/c1-20-13-7-4-10(17)8-12(13)14(19-15(21)16(20)22)9-2-5-11(18)6-3-9/h2-8,15,21H,1H3. The van der Waals surface area contributed by atoms with Crippen molar-refractivity contribution in [1.82, 2.24) is 0 Å². The summed E-state index contributed by atoms with van der Waals surface area (Å²) in [5, 5.41) is 10.4. The maximum absolute atomic E-state index is 13.1. The van der Waals surface area contributed by atoms with Crippen LogP contribution in [0.25, 0.3) is 0 Å². The van der Waals surface area contributed by atoms with E-state index in [-0.39, 0.29) is 5.82 Å². The number of aliphatic hydroxyl groups is 1. The van der Waals surface area contributed by atoms with E-state index in [4.69, 9.17) is 11.6 Å². The lowest BCUT2D eigenvalue weighted by Crippen LogP contribution is -2.34. The van der Waals surface area contributed by atoms with Gasteiger partial charge in [0.25, 0.3) is 5.91 Å². The van der Waals surface area contributed by atoms with E-state index < -0.39 is 12.1 Å². The van der Waals surface area contributed by atoms with Crippen molar-refractivity contribution in [2.45, 2.75) is 6.23 Å². The van der Waals surface area contributed by atoms with Crippen LogP contribution < -0.4 is 4.90 Å². The number of benzodiazepines with no additional fused rings is 1. The van der Waals surface area contributed by atoms with E-state index in [1.807, 2.05) is 0 Å². The third-order valence-corrected chi connectivity index (χ3v) is 3.73. The molecule has 0 saturated heterocycles. The van der Waals surface area contributed by atoms with E-state index in [2.05, 4.69) is 4.99 Å². The highest BCUT2D eigenvalue weighted by Crippen LogP contribution is 2.29. The molecule has 0 saturated carbocycles. The smallest absolute Gasteiger partial charge is 0.278 e. The Labute approximate surface area is 131 Å². The third-order valence-electron chi connectivity index (χ3n) is 3.50. The molecule has 1 aliphatic rings. The molecular weight excluding hydrogens is 307 g/mol. The van der Waals surface area contributed by atoms with Crippen molar-refractivity contribution in [2.24, 2.45) is 4.99 Å². The molecule has 0 fully saturated rings. The first-order valence-electron chi connectivity index (χ1n) is 6.56. The molecule has 3 rings (SSSR count). The number of anilines is 1. The number of hydrogen-bond donors (Lipinski definition) is 1. The van der Waals surface area contributed by atoms with E-state index in [9.17, 15) is 14.3 Å². The van der Waals surface area contributed by atoms with Crippen LogP contribution >= 0.6 is 11.6 Å². The first-order valence-corrected chi connectivity index (χ1v) is 6.94. The average molecular weight is 319 g/mol. The Balaban J connectivity index is 2.25. The van der Waals surface area contributed by atoms with E-state index in [1.54, 1.807) is 37.4 Å². The van der Waals surface area contributed by atoms with Crippen LogP contribution in [0.3, 0.4) is 0 Å². The molecule has 6 heteroatoms. The molecule has 1 unspecified atom stereocenters. The summed E-state index contributed by atoms with van der Waals surface area (Å²) in [5.74, 6) is -0.918. The van der Waals surface area contributed by atoms with Gasteiger partial charge in [-0.2, -0.15) is 0 Å². The van der Waals surface area contributed by atoms with Gasteiger partial charge in [0.05, 0.1) is 11.4 Å². The molecule has 4 nitrogen and oxygen atoms in total. The molecule has 1 amide bonds. The fourth-order valence-corrected chi connectivity index (χ4v) is 2.54. The summed E-state index contributed by atoms with van der Waals surface area (Å²) in [6.45, 7) is 0. The van der Waals surface area contributed by atoms with Gasteiger partial charge in [-0.25, -0.2) is 9.38 Å². The molecule has 1 atom stereocenters. The maximum atomic E-state index is 13.1. The molecule has 1 heterocycles. The summed E-state index contributed by atoms with van der Waals surface area (Å²) in [4.78, 5) is 17.5. The second-order valence-electron chi connectivity index (χ2n) is 4.92. The number of halogens is 2. The number of carbonyl (C=O) groups excluding carboxylic acids is 1. The molecule has 1 N–H and O–H groups in total. The lowest BCUT2D eigenvalue weighted by atomic mass is 10.0. The maximum Gasteiger partial charge on any atom is 0.278 e. The number of nitrogens with zero attached hydrogens (tertiary/aromatic N) is 2. The second-order valence-corrected chi connectivity index (χ2v) is 5.35. The number of hydrogen-bond acceptors (Lipinski definition) is 3. The monoisotopic (exact) mass is 318 g/mol. The Bertz CT molecular complexity index is 774. The van der Waals surface area contributed by atoms with Crippen molar-refractivity contribution in [3.05, 3.63) is 64.4 Å². The van der Waals surface area contributed by atoms with Gasteiger partial charge in [-0.15, -0.1) is 0 Å². The van der Waals surface area contributed by atoms with Gasteiger partial charge in [-0.05, 0) is 42.5 Å². The number of benzene rings is 2. The highest BCUT2D eigenvalue weighted by atomic mass is 35.5. The molecule has 0 spiro atoms. The van der Waals surface area contributed by atoms with E-state index in [1.165, 1.54) is 17.0 Å². The normalized spacial score (nSPS) is 17.8. The number of aliphatic hydroxyl groups excluding tert-OH is 1. The summed E-state index contributed by atoms with van der Waals surface area (Å²) in [6.07, 6.45) is -1.52. The van der Waals surface area contributed by atoms with Gasteiger partial charge in [-0.3, -0.25) is 4.79 Å². The van der Waals surface area contributed by atoms with Gasteiger partial charge < -0.3 is 10.0 Å². The van der Waals surface area contributed by atoms with Crippen molar-refractivity contribution in [1.29, 1.82) is 0 Å². The Morgan fingerprint density at radius 3 is 2.59 bits per heavy atom. The highest BCUT2D eigenvalue weighted by molar-refractivity contribution is 6.32. The molecule has 0 aliphatic carbocycles. The molecule has 2 aromatic carbocycles. The van der Waals surface area contributed by atoms with Crippen LogP contribution in [0.1, 0.15) is 11.1 Å². The molecule has 112 valence electrons. The number of carbonyl (C=O) groups is 1. The summed E-state index contributed by atoms with van der Waals surface area (Å²) in [6, 6.07) is 10.7. The summed E-state index contributed by atoms with van der Waals surface area (Å²) in [5.41, 5.74) is 2.16. The molecule has 1 aliphatic heterocycles. The molecule has 0 radical (unpaired) electrons. The summed E-state index contributed by atoms with van der Waals surface area (Å²) >= 11 is 6.05. The van der Waals surface area contributed by atoms with Crippen LogP contribution in [0.2, 0.25) is 5.02 Å². The van der Waals surface area contributed by atoms with Crippen molar-refractivity contribution >= 4 is 28.9 Å². The Morgan fingerprint density at radius 2 is 1.91 bits per heavy atom. The molecular formula is C16H12ClFN2O2. The first kappa shape index (κ1) is 14.7. The fraction of sp³-hybridized carbons (Fsp3) is 0.125. The van der Waals surface area contributed by atoms with Gasteiger partial charge in [-0.1, -0.05) is 11.6 Å². The van der Waals surface area contributed by atoms with E-state index >= 15 is 0 Å². The first-order chi connectivity index (χ1) is 10.5. The molecule has 22 heavy (non-hydrogen) atoms. The lowest BCUT2D eigenvalue weighted by Gasteiger charge is -2.18. The predicted molar refractivity (Wildman–Crippen MR) is 82.9 cm³/mol. The summed E-state index contributed by atoms with van der Waals surface area (Å²) in [7, 11) is 1.56. The quantitative estimate of drug-likeness (QED) is 0.878. The minimum absolute atomic E-state index is 0.377. The van der Waals surface area contributed by atoms with Gasteiger partial charge >= 0.3 is 0 Å². The fourth-order valence-electron chi connectivity index (χ4n) is 2.37. The number of likely N-dealkylation sites (N-methyl/N-ethyl adjacent to an activating group) is 1. The van der Waals surface area contributed by atoms with Crippen LogP contribution in [-0.2, 0) is 4.79 Å². The van der Waals surface area contributed by atoms with E-state index in [0.717, 1.165) is 0 Å². The Hall–Kier alpha value is -2.24. The minimum atomic E-state index is -1.52. The van der Waals surface area contributed by atoms with Crippen molar-refractivity contribution in [3.63, 3.8) is 0 Å². The Kier molecular flexibility index (Phi) is 3.68. The zero-order valence-corrected chi connectivity index (χ0v) is 12.4. The number of rotatable bonds is 1. The van der Waals surface area contributed by atoms with Crippen LogP contribution in [-0.4, -0.2) is 30.0 Å². The van der Waals surface area contributed by atoms with Crippen LogP contribution in [0.4, 0.5) is 10.1 Å². The topological polar surface area (TPSA) is 52.9 Å². The third kappa shape index (κ3) is 2.49. The highest BCUT2D eigenvalue weighted by Gasteiger charge is 2.28. The zero-order chi connectivity index (χ0) is 15.9. The molecule has 0 aromatic heterocycles. The largest absolute Gasteiger partial charge is 0.364 e. The SMILES string of the molecule is CN1C(=O)C(O)N=C(c2ccc(F)cc2)c2cc(Cl)ccc21. The van der Waals surface area contributed by atoms with Crippen LogP contribution in [0.15, 0.2) is 47.5 Å². The van der Waals surface area contributed by atoms with Gasteiger partial charge in [0, 0.05) is 23.2 Å². The molecule has 2 aromatic rings. The number of amides is 1. The van der Waals surface area contributed by atoms with Gasteiger partial charge in [0.2, 0.25) is 6.23 Å². The van der Waals surface area contributed by atoms with Crippen LogP contribution in [0.5, 0.6) is 0 Å². The number of fused-ring (bicyclic) bond motifs is 1. The van der Waals surface area contributed by atoms with Gasteiger partial charge in [0.1, 0.15) is 5.82 Å². The minimum Gasteiger partial charge on any atom is -0.364 e. The van der Waals surface area contributed by atoms with Crippen molar-refractivity contribution in [2.75, 3.05) is 11.9 Å². The van der Waals surface area contributed by atoms with Crippen molar-refractivity contribution < 1.29 is 14.3 Å². The second kappa shape index (κ2) is 5.51. The molecule has 0 bridgehead atoms. The average Bonchev–Trinajstić information content (AvgIpc) is 2.59.